The van der Waals surface area contributed by atoms with Crippen LogP contribution in [0.25, 0.3) is 0 Å². The topological polar surface area (TPSA) is 75.1 Å². The number of aromatic nitrogens is 2. The molecule has 0 aliphatic heterocycles. The minimum atomic E-state index is -0.259. The fourth-order valence-corrected chi connectivity index (χ4v) is 2.37. The molecular weight excluding hydrogens is 262 g/mol. The summed E-state index contributed by atoms with van der Waals surface area (Å²) in [6.07, 6.45) is 0. The molecule has 0 saturated carbocycles. The van der Waals surface area contributed by atoms with E-state index in [1.165, 1.54) is 6.07 Å². The van der Waals surface area contributed by atoms with Gasteiger partial charge in [-0.25, -0.2) is 0 Å². The number of aromatic hydroxyl groups is 1. The van der Waals surface area contributed by atoms with E-state index in [1.807, 2.05) is 20.8 Å². The van der Waals surface area contributed by atoms with Crippen LogP contribution >= 0.6 is 11.5 Å². The summed E-state index contributed by atoms with van der Waals surface area (Å²) >= 11 is 1.07. The highest BCUT2D eigenvalue weighted by Gasteiger charge is 2.26. The molecule has 2 aromatic rings. The van der Waals surface area contributed by atoms with Crippen LogP contribution in [0.2, 0.25) is 0 Å². The lowest BCUT2D eigenvalue weighted by molar-refractivity contribution is 0.102. The fraction of sp³-hybridized carbons (Fsp3) is 0.308. The first-order valence-corrected chi connectivity index (χ1v) is 6.58. The summed E-state index contributed by atoms with van der Waals surface area (Å²) in [5.74, 6) is -0.151. The molecule has 19 heavy (non-hydrogen) atoms. The zero-order valence-electron chi connectivity index (χ0n) is 11.0. The SMILES string of the molecule is CC(C)(C)c1nnsc1C(=O)Nc1cccc(O)c1. The predicted octanol–water partition coefficient (Wildman–Crippen LogP) is 2.79. The predicted molar refractivity (Wildman–Crippen MR) is 74.7 cm³/mol. The second-order valence-electron chi connectivity index (χ2n) is 5.21. The third-order valence-corrected chi connectivity index (χ3v) is 3.23. The first-order valence-electron chi connectivity index (χ1n) is 5.81. The van der Waals surface area contributed by atoms with Gasteiger partial charge in [-0.1, -0.05) is 31.3 Å². The lowest BCUT2D eigenvalue weighted by Crippen LogP contribution is -2.19. The number of carbonyl (C=O) groups is 1. The van der Waals surface area contributed by atoms with Crippen LogP contribution < -0.4 is 5.32 Å². The number of carbonyl (C=O) groups excluding carboxylic acids is 1. The van der Waals surface area contributed by atoms with Crippen molar-refractivity contribution in [1.29, 1.82) is 0 Å². The van der Waals surface area contributed by atoms with Crippen molar-refractivity contribution < 1.29 is 9.90 Å². The molecule has 0 bridgehead atoms. The Labute approximate surface area is 115 Å². The molecular formula is C13H15N3O2S. The zero-order valence-corrected chi connectivity index (χ0v) is 11.8. The van der Waals surface area contributed by atoms with E-state index in [4.69, 9.17) is 0 Å². The molecule has 1 heterocycles. The van der Waals surface area contributed by atoms with Crippen molar-refractivity contribution in [3.63, 3.8) is 0 Å². The molecule has 0 unspecified atom stereocenters. The summed E-state index contributed by atoms with van der Waals surface area (Å²) in [6.45, 7) is 5.94. The van der Waals surface area contributed by atoms with Gasteiger partial charge < -0.3 is 10.4 Å². The summed E-state index contributed by atoms with van der Waals surface area (Å²) in [5, 5.41) is 16.1. The van der Waals surface area contributed by atoms with Crippen molar-refractivity contribution in [3.05, 3.63) is 34.8 Å². The molecule has 1 aromatic heterocycles. The van der Waals surface area contributed by atoms with Crippen molar-refractivity contribution in [2.45, 2.75) is 26.2 Å². The van der Waals surface area contributed by atoms with Gasteiger partial charge >= 0.3 is 0 Å². The van der Waals surface area contributed by atoms with E-state index >= 15 is 0 Å². The molecule has 6 heteroatoms. The van der Waals surface area contributed by atoms with Crippen LogP contribution in [0.4, 0.5) is 5.69 Å². The molecule has 100 valence electrons. The van der Waals surface area contributed by atoms with Crippen LogP contribution in [-0.2, 0) is 5.41 Å². The highest BCUT2D eigenvalue weighted by Crippen LogP contribution is 2.26. The van der Waals surface area contributed by atoms with Crippen LogP contribution in [-0.4, -0.2) is 20.6 Å². The van der Waals surface area contributed by atoms with Gasteiger partial charge in [-0.15, -0.1) is 5.10 Å². The first kappa shape index (κ1) is 13.5. The molecule has 0 spiro atoms. The molecule has 0 aliphatic carbocycles. The molecule has 0 fully saturated rings. The van der Waals surface area contributed by atoms with Crippen molar-refractivity contribution in [1.82, 2.24) is 9.59 Å². The molecule has 5 nitrogen and oxygen atoms in total. The van der Waals surface area contributed by atoms with Gasteiger partial charge in [-0.2, -0.15) is 0 Å². The number of nitrogens with one attached hydrogen (secondary N) is 1. The lowest BCUT2D eigenvalue weighted by atomic mass is 9.91. The number of anilines is 1. The van der Waals surface area contributed by atoms with Gasteiger partial charge in [0, 0.05) is 17.2 Å². The summed E-state index contributed by atoms with van der Waals surface area (Å²) in [6, 6.07) is 6.41. The number of phenols is 1. The molecule has 0 atom stereocenters. The maximum atomic E-state index is 12.2. The van der Waals surface area contributed by atoms with Crippen LogP contribution in [0.1, 0.15) is 36.1 Å². The average molecular weight is 277 g/mol. The standard InChI is InChI=1S/C13H15N3O2S/c1-13(2,3)11-10(19-16-15-11)12(18)14-8-5-4-6-9(17)7-8/h4-7,17H,1-3H3,(H,14,18). The summed E-state index contributed by atoms with van der Waals surface area (Å²) < 4.78 is 3.85. The van der Waals surface area contributed by atoms with E-state index in [-0.39, 0.29) is 17.1 Å². The first-order chi connectivity index (χ1) is 8.88. The second kappa shape index (κ2) is 4.97. The summed E-state index contributed by atoms with van der Waals surface area (Å²) in [4.78, 5) is 12.7. The van der Waals surface area contributed by atoms with E-state index in [9.17, 15) is 9.90 Å². The highest BCUT2D eigenvalue weighted by molar-refractivity contribution is 7.08. The largest absolute Gasteiger partial charge is 0.508 e. The lowest BCUT2D eigenvalue weighted by Gasteiger charge is -2.16. The maximum Gasteiger partial charge on any atom is 0.269 e. The number of phenolic OH excluding ortho intramolecular Hbond substituents is 1. The van der Waals surface area contributed by atoms with E-state index < -0.39 is 0 Å². The molecule has 0 radical (unpaired) electrons. The monoisotopic (exact) mass is 277 g/mol. The molecule has 0 aliphatic rings. The molecule has 2 N–H and O–H groups in total. The highest BCUT2D eigenvalue weighted by atomic mass is 32.1. The Balaban J connectivity index is 2.24. The van der Waals surface area contributed by atoms with Gasteiger partial charge in [0.25, 0.3) is 5.91 Å². The molecule has 2 rings (SSSR count). The van der Waals surface area contributed by atoms with E-state index in [0.29, 0.717) is 16.3 Å². The Hall–Kier alpha value is -1.95. The van der Waals surface area contributed by atoms with Crippen LogP contribution in [0.3, 0.4) is 0 Å². The number of benzene rings is 1. The van der Waals surface area contributed by atoms with Gasteiger partial charge in [0.1, 0.15) is 10.6 Å². The minimum Gasteiger partial charge on any atom is -0.508 e. The Morgan fingerprint density at radius 3 is 2.74 bits per heavy atom. The second-order valence-corrected chi connectivity index (χ2v) is 5.96. The zero-order chi connectivity index (χ0) is 14.0. The molecule has 1 amide bonds. The Kier molecular flexibility index (Phi) is 3.53. The van der Waals surface area contributed by atoms with Gasteiger partial charge in [-0.3, -0.25) is 4.79 Å². The van der Waals surface area contributed by atoms with Crippen LogP contribution in [0.5, 0.6) is 5.75 Å². The number of amides is 1. The summed E-state index contributed by atoms with van der Waals surface area (Å²) in [5.41, 5.74) is 0.979. The Bertz CT molecular complexity index is 602. The van der Waals surface area contributed by atoms with E-state index in [1.54, 1.807) is 18.2 Å². The van der Waals surface area contributed by atoms with E-state index in [0.717, 1.165) is 11.5 Å². The van der Waals surface area contributed by atoms with Crippen LogP contribution in [0, 0.1) is 0 Å². The third kappa shape index (κ3) is 3.08. The van der Waals surface area contributed by atoms with Gasteiger partial charge in [0.15, 0.2) is 0 Å². The van der Waals surface area contributed by atoms with Crippen molar-refractivity contribution in [2.24, 2.45) is 0 Å². The number of hydrogen-bond donors (Lipinski definition) is 2. The number of rotatable bonds is 2. The molecule has 1 aromatic carbocycles. The van der Waals surface area contributed by atoms with Gasteiger partial charge in [-0.05, 0) is 23.7 Å². The quantitative estimate of drug-likeness (QED) is 0.885. The Morgan fingerprint density at radius 1 is 1.37 bits per heavy atom. The van der Waals surface area contributed by atoms with Crippen molar-refractivity contribution >= 4 is 23.1 Å². The van der Waals surface area contributed by atoms with Gasteiger partial charge in [0.2, 0.25) is 0 Å². The van der Waals surface area contributed by atoms with Gasteiger partial charge in [0.05, 0.1) is 5.69 Å². The fourth-order valence-electron chi connectivity index (χ4n) is 1.60. The maximum absolute atomic E-state index is 12.2. The number of nitrogens with zero attached hydrogens (tertiary/aromatic N) is 2. The molecule has 0 saturated heterocycles. The summed E-state index contributed by atoms with van der Waals surface area (Å²) in [7, 11) is 0. The van der Waals surface area contributed by atoms with Crippen LogP contribution in [0.15, 0.2) is 24.3 Å². The van der Waals surface area contributed by atoms with E-state index in [2.05, 4.69) is 14.9 Å². The average Bonchev–Trinajstić information content (AvgIpc) is 2.77. The number of hydrogen-bond acceptors (Lipinski definition) is 5. The third-order valence-electron chi connectivity index (χ3n) is 2.51. The Morgan fingerprint density at radius 2 is 2.11 bits per heavy atom. The normalized spacial score (nSPS) is 11.3. The van der Waals surface area contributed by atoms with Crippen molar-refractivity contribution in [3.8, 4) is 5.75 Å². The smallest absolute Gasteiger partial charge is 0.269 e. The van der Waals surface area contributed by atoms with Crippen molar-refractivity contribution in [2.75, 3.05) is 5.32 Å². The minimum absolute atomic E-state index is 0.108.